The van der Waals surface area contributed by atoms with E-state index in [0.717, 1.165) is 0 Å². The van der Waals surface area contributed by atoms with Crippen molar-refractivity contribution in [2.24, 2.45) is 11.7 Å². The van der Waals surface area contributed by atoms with Gasteiger partial charge in [0.2, 0.25) is 5.91 Å². The molecule has 0 unspecified atom stereocenters. The number of primary amides is 1. The van der Waals surface area contributed by atoms with Crippen LogP contribution in [0.1, 0.15) is 72.1 Å². The zero-order valence-corrected chi connectivity index (χ0v) is 21.0. The van der Waals surface area contributed by atoms with Crippen molar-refractivity contribution in [2.45, 2.75) is 58.1 Å². The Morgan fingerprint density at radius 3 is 2.51 bits per heavy atom. The molecule has 0 atom stereocenters. The molecule has 3 amide bonds. The van der Waals surface area contributed by atoms with Crippen LogP contribution in [0.4, 0.5) is 10.1 Å². The summed E-state index contributed by atoms with van der Waals surface area (Å²) >= 11 is 6.07. The Kier molecular flexibility index (Phi) is 8.17. The Morgan fingerprint density at radius 2 is 1.91 bits per heavy atom. The summed E-state index contributed by atoms with van der Waals surface area (Å²) in [5, 5.41) is 5.65. The zero-order chi connectivity index (χ0) is 25.9. The summed E-state index contributed by atoms with van der Waals surface area (Å²) in [6, 6.07) is 2.55. The van der Waals surface area contributed by atoms with Gasteiger partial charge in [0, 0.05) is 25.6 Å². The van der Waals surface area contributed by atoms with Gasteiger partial charge < -0.3 is 25.7 Å². The van der Waals surface area contributed by atoms with Crippen molar-refractivity contribution in [3.63, 3.8) is 0 Å². The molecule has 4 N–H and O–H groups in total. The van der Waals surface area contributed by atoms with E-state index in [1.165, 1.54) is 18.5 Å². The fourth-order valence-electron chi connectivity index (χ4n) is 4.10. The summed E-state index contributed by atoms with van der Waals surface area (Å²) in [5.74, 6) is -2.16. The van der Waals surface area contributed by atoms with Crippen molar-refractivity contribution in [3.05, 3.63) is 46.3 Å². The van der Waals surface area contributed by atoms with E-state index in [0.29, 0.717) is 36.9 Å². The van der Waals surface area contributed by atoms with Gasteiger partial charge in [0.25, 0.3) is 11.8 Å². The summed E-state index contributed by atoms with van der Waals surface area (Å²) in [4.78, 5) is 41.8. The Bertz CT molecular complexity index is 1130. The van der Waals surface area contributed by atoms with Gasteiger partial charge in [-0.1, -0.05) is 11.6 Å². The molecule has 35 heavy (non-hydrogen) atoms. The number of halogens is 2. The monoisotopic (exact) mass is 507 g/mol. The van der Waals surface area contributed by atoms with Crippen LogP contribution in [0.3, 0.4) is 0 Å². The van der Waals surface area contributed by atoms with Gasteiger partial charge in [-0.25, -0.2) is 9.37 Å². The van der Waals surface area contributed by atoms with Gasteiger partial charge in [0.1, 0.15) is 11.5 Å². The van der Waals surface area contributed by atoms with Crippen LogP contribution in [0, 0.1) is 18.7 Å². The molecule has 0 saturated heterocycles. The smallest absolute Gasteiger partial charge is 0.272 e. The standard InChI is InChI=1S/C24H31ClFN5O4/c1-13-9-18(16(25)10-17(13)26)30-22(33)14-5-7-15(8-6-14)31-12-29-19(20(31)21(27)32)23(34)28-11-24(2,3)35-4/h9-10,12,14-15H,5-8,11H2,1-4H3,(H2,27,32)(H,28,34)(H,30,33). The highest BCUT2D eigenvalue weighted by Crippen LogP contribution is 2.35. The highest BCUT2D eigenvalue weighted by atomic mass is 35.5. The van der Waals surface area contributed by atoms with E-state index in [2.05, 4.69) is 15.6 Å². The number of aryl methyl sites for hydroxylation is 1. The molecule has 0 radical (unpaired) electrons. The average Bonchev–Trinajstić information content (AvgIpc) is 3.27. The van der Waals surface area contributed by atoms with E-state index >= 15 is 0 Å². The summed E-state index contributed by atoms with van der Waals surface area (Å²) in [7, 11) is 1.54. The number of carbonyl (C=O) groups excluding carboxylic acids is 3. The van der Waals surface area contributed by atoms with Gasteiger partial charge in [-0.2, -0.15) is 0 Å². The molecule has 11 heteroatoms. The highest BCUT2D eigenvalue weighted by molar-refractivity contribution is 6.33. The summed E-state index contributed by atoms with van der Waals surface area (Å²) in [5.41, 5.74) is 5.78. The van der Waals surface area contributed by atoms with Crippen molar-refractivity contribution < 1.29 is 23.5 Å². The maximum Gasteiger partial charge on any atom is 0.272 e. The number of amides is 3. The molecular formula is C24H31ClFN5O4. The second kappa shape index (κ2) is 10.7. The maximum atomic E-state index is 13.6. The molecule has 1 fully saturated rings. The van der Waals surface area contributed by atoms with Gasteiger partial charge in [-0.15, -0.1) is 0 Å². The van der Waals surface area contributed by atoms with E-state index in [9.17, 15) is 18.8 Å². The number of nitrogens with two attached hydrogens (primary N) is 1. The molecule has 1 aromatic carbocycles. The maximum absolute atomic E-state index is 13.6. The molecule has 0 aliphatic heterocycles. The molecule has 1 saturated carbocycles. The number of rotatable bonds is 8. The van der Waals surface area contributed by atoms with E-state index in [1.54, 1.807) is 18.6 Å². The van der Waals surface area contributed by atoms with E-state index < -0.39 is 23.2 Å². The van der Waals surface area contributed by atoms with Gasteiger partial charge in [0.15, 0.2) is 5.69 Å². The number of benzene rings is 1. The molecule has 1 aliphatic rings. The first-order chi connectivity index (χ1) is 16.4. The van der Waals surface area contributed by atoms with E-state index in [-0.39, 0.29) is 40.8 Å². The molecule has 0 spiro atoms. The van der Waals surface area contributed by atoms with Crippen LogP contribution in [0.5, 0.6) is 0 Å². The molecular weight excluding hydrogens is 477 g/mol. The fraction of sp³-hybridized carbons (Fsp3) is 0.500. The molecule has 1 aliphatic carbocycles. The second-order valence-corrected chi connectivity index (χ2v) is 9.84. The van der Waals surface area contributed by atoms with Crippen molar-refractivity contribution in [2.75, 3.05) is 19.0 Å². The molecule has 2 aromatic rings. The van der Waals surface area contributed by atoms with E-state index in [1.807, 2.05) is 13.8 Å². The van der Waals surface area contributed by atoms with Crippen LogP contribution in [0.2, 0.25) is 5.02 Å². The Morgan fingerprint density at radius 1 is 1.26 bits per heavy atom. The zero-order valence-electron chi connectivity index (χ0n) is 20.3. The van der Waals surface area contributed by atoms with Crippen LogP contribution < -0.4 is 16.4 Å². The SMILES string of the molecule is COC(C)(C)CNC(=O)c1ncn(C2CCC(C(=O)Nc3cc(C)c(F)cc3Cl)CC2)c1C(N)=O. The van der Waals surface area contributed by atoms with Crippen LogP contribution in [-0.2, 0) is 9.53 Å². The number of carbonyl (C=O) groups is 3. The quantitative estimate of drug-likeness (QED) is 0.502. The number of nitrogens with zero attached hydrogens (tertiary/aromatic N) is 2. The number of ether oxygens (including phenoxy) is 1. The normalized spacial score (nSPS) is 18.2. The minimum Gasteiger partial charge on any atom is -0.377 e. The van der Waals surface area contributed by atoms with Gasteiger partial charge in [-0.05, 0) is 64.2 Å². The third-order valence-electron chi connectivity index (χ3n) is 6.44. The number of anilines is 1. The Balaban J connectivity index is 1.67. The van der Waals surface area contributed by atoms with Crippen molar-refractivity contribution >= 4 is 35.0 Å². The van der Waals surface area contributed by atoms with Gasteiger partial charge in [0.05, 0.1) is 22.6 Å². The number of nitrogens with one attached hydrogen (secondary N) is 2. The lowest BCUT2D eigenvalue weighted by Crippen LogP contribution is -2.40. The predicted octanol–water partition coefficient (Wildman–Crippen LogP) is 3.61. The van der Waals surface area contributed by atoms with E-state index in [4.69, 9.17) is 22.1 Å². The van der Waals surface area contributed by atoms with Crippen LogP contribution >= 0.6 is 11.6 Å². The molecule has 3 rings (SSSR count). The Labute approximate surface area is 208 Å². The minimum absolute atomic E-state index is 0.0365. The summed E-state index contributed by atoms with van der Waals surface area (Å²) < 4.78 is 20.6. The third kappa shape index (κ3) is 6.18. The van der Waals surface area contributed by atoms with Crippen LogP contribution in [-0.4, -0.2) is 46.5 Å². The van der Waals surface area contributed by atoms with Crippen LogP contribution in [0.15, 0.2) is 18.5 Å². The number of hydrogen-bond donors (Lipinski definition) is 3. The molecule has 190 valence electrons. The number of hydrogen-bond acceptors (Lipinski definition) is 5. The largest absolute Gasteiger partial charge is 0.377 e. The molecule has 1 aromatic heterocycles. The van der Waals surface area contributed by atoms with Crippen LogP contribution in [0.25, 0.3) is 0 Å². The van der Waals surface area contributed by atoms with Crippen molar-refractivity contribution in [1.82, 2.24) is 14.9 Å². The van der Waals surface area contributed by atoms with Crippen molar-refractivity contribution in [1.29, 1.82) is 0 Å². The molecule has 1 heterocycles. The lowest BCUT2D eigenvalue weighted by Gasteiger charge is -2.29. The predicted molar refractivity (Wildman–Crippen MR) is 130 cm³/mol. The first-order valence-corrected chi connectivity index (χ1v) is 11.8. The lowest BCUT2D eigenvalue weighted by atomic mass is 9.85. The second-order valence-electron chi connectivity index (χ2n) is 9.44. The lowest BCUT2D eigenvalue weighted by molar-refractivity contribution is -0.121. The number of methoxy groups -OCH3 is 1. The van der Waals surface area contributed by atoms with Crippen molar-refractivity contribution in [3.8, 4) is 0 Å². The highest BCUT2D eigenvalue weighted by Gasteiger charge is 2.32. The fourth-order valence-corrected chi connectivity index (χ4v) is 4.30. The molecule has 9 nitrogen and oxygen atoms in total. The van der Waals surface area contributed by atoms with Gasteiger partial charge >= 0.3 is 0 Å². The number of imidazole rings is 1. The first-order valence-electron chi connectivity index (χ1n) is 11.4. The molecule has 0 bridgehead atoms. The van der Waals surface area contributed by atoms with Gasteiger partial charge in [-0.3, -0.25) is 14.4 Å². The Hall–Kier alpha value is -2.98. The average molecular weight is 508 g/mol. The third-order valence-corrected chi connectivity index (χ3v) is 6.75. The summed E-state index contributed by atoms with van der Waals surface area (Å²) in [6.45, 7) is 5.47. The topological polar surface area (TPSA) is 128 Å². The number of aromatic nitrogens is 2. The minimum atomic E-state index is -0.750. The summed E-state index contributed by atoms with van der Waals surface area (Å²) in [6.07, 6.45) is 3.72. The first kappa shape index (κ1) is 26.6.